The van der Waals surface area contributed by atoms with Gasteiger partial charge in [0.05, 0.1) is 0 Å². The highest BCUT2D eigenvalue weighted by Gasteiger charge is 2.18. The number of thiazole rings is 1. The van der Waals surface area contributed by atoms with Crippen LogP contribution in [0.15, 0.2) is 27.5 Å². The van der Waals surface area contributed by atoms with Gasteiger partial charge in [-0.25, -0.2) is 4.98 Å². The molecule has 0 N–H and O–H groups in total. The topological polar surface area (TPSA) is 19.4 Å². The molecule has 1 fully saturated rings. The van der Waals surface area contributed by atoms with Crippen LogP contribution in [-0.4, -0.2) is 36.1 Å². The summed E-state index contributed by atoms with van der Waals surface area (Å²) in [6, 6.07) is 2.22. The Hall–Kier alpha value is -0.430. The zero-order valence-corrected chi connectivity index (χ0v) is 13.1. The number of thiophene rings is 1. The maximum absolute atomic E-state index is 4.37. The van der Waals surface area contributed by atoms with E-state index in [1.807, 2.05) is 22.9 Å². The van der Waals surface area contributed by atoms with Crippen LogP contribution < -0.4 is 4.90 Å². The van der Waals surface area contributed by atoms with Gasteiger partial charge in [0.15, 0.2) is 5.13 Å². The first-order chi connectivity index (χ1) is 8.81. The minimum atomic E-state index is 1.07. The zero-order chi connectivity index (χ0) is 12.4. The van der Waals surface area contributed by atoms with Crippen molar-refractivity contribution in [3.8, 4) is 0 Å². The number of anilines is 1. The molecule has 0 bridgehead atoms. The van der Waals surface area contributed by atoms with Crippen LogP contribution in [0.3, 0.4) is 0 Å². The largest absolute Gasteiger partial charge is 0.346 e. The van der Waals surface area contributed by atoms with Crippen LogP contribution in [0.25, 0.3) is 0 Å². The monoisotopic (exact) mass is 343 g/mol. The summed E-state index contributed by atoms with van der Waals surface area (Å²) in [5.41, 5.74) is 0. The van der Waals surface area contributed by atoms with Gasteiger partial charge in [0, 0.05) is 59.0 Å². The van der Waals surface area contributed by atoms with Gasteiger partial charge in [0.2, 0.25) is 0 Å². The molecule has 3 nitrogen and oxygen atoms in total. The fourth-order valence-corrected chi connectivity index (χ4v) is 4.32. The number of rotatable bonds is 3. The molecule has 18 heavy (non-hydrogen) atoms. The van der Waals surface area contributed by atoms with E-state index in [2.05, 4.69) is 42.2 Å². The lowest BCUT2D eigenvalue weighted by Gasteiger charge is -2.34. The van der Waals surface area contributed by atoms with Crippen LogP contribution in [0.2, 0.25) is 0 Å². The summed E-state index contributed by atoms with van der Waals surface area (Å²) in [5, 5.41) is 5.36. The van der Waals surface area contributed by atoms with Gasteiger partial charge in [0.1, 0.15) is 0 Å². The van der Waals surface area contributed by atoms with Crippen LogP contribution in [0.1, 0.15) is 4.88 Å². The van der Waals surface area contributed by atoms with Crippen molar-refractivity contribution in [2.24, 2.45) is 0 Å². The smallest absolute Gasteiger partial charge is 0.185 e. The Bertz CT molecular complexity index is 489. The van der Waals surface area contributed by atoms with E-state index in [1.54, 1.807) is 11.3 Å². The van der Waals surface area contributed by atoms with Gasteiger partial charge in [0.25, 0.3) is 0 Å². The molecule has 0 amide bonds. The average Bonchev–Trinajstić information content (AvgIpc) is 3.02. The maximum atomic E-state index is 4.37. The summed E-state index contributed by atoms with van der Waals surface area (Å²) < 4.78 is 1.20. The molecule has 3 rings (SSSR count). The zero-order valence-electron chi connectivity index (χ0n) is 9.88. The third-order valence-electron chi connectivity index (χ3n) is 3.06. The SMILES string of the molecule is Brc1csc(CN2CCN(c3nccs3)CC2)c1. The highest BCUT2D eigenvalue weighted by molar-refractivity contribution is 9.10. The van der Waals surface area contributed by atoms with E-state index in [-0.39, 0.29) is 0 Å². The highest BCUT2D eigenvalue weighted by Crippen LogP contribution is 2.23. The van der Waals surface area contributed by atoms with Crippen molar-refractivity contribution in [1.82, 2.24) is 9.88 Å². The Morgan fingerprint density at radius 1 is 1.22 bits per heavy atom. The number of halogens is 1. The summed E-state index contributed by atoms with van der Waals surface area (Å²) in [6.45, 7) is 5.48. The number of aromatic nitrogens is 1. The fourth-order valence-electron chi connectivity index (χ4n) is 2.13. The molecule has 3 heterocycles. The molecular formula is C12H14BrN3S2. The molecule has 6 heteroatoms. The lowest BCUT2D eigenvalue weighted by Crippen LogP contribution is -2.45. The second-order valence-electron chi connectivity index (χ2n) is 4.31. The minimum absolute atomic E-state index is 1.07. The molecule has 2 aromatic heterocycles. The van der Waals surface area contributed by atoms with E-state index in [0.717, 1.165) is 37.9 Å². The minimum Gasteiger partial charge on any atom is -0.346 e. The van der Waals surface area contributed by atoms with Gasteiger partial charge in [-0.2, -0.15) is 0 Å². The van der Waals surface area contributed by atoms with Crippen molar-refractivity contribution >= 4 is 43.7 Å². The van der Waals surface area contributed by atoms with E-state index >= 15 is 0 Å². The van der Waals surface area contributed by atoms with Gasteiger partial charge in [-0.05, 0) is 22.0 Å². The Kier molecular flexibility index (Phi) is 3.98. The lowest BCUT2D eigenvalue weighted by molar-refractivity contribution is 0.252. The Morgan fingerprint density at radius 2 is 2.06 bits per heavy atom. The van der Waals surface area contributed by atoms with Gasteiger partial charge in [-0.3, -0.25) is 4.90 Å². The van der Waals surface area contributed by atoms with Crippen molar-refractivity contribution in [1.29, 1.82) is 0 Å². The number of hydrogen-bond donors (Lipinski definition) is 0. The number of hydrogen-bond acceptors (Lipinski definition) is 5. The van der Waals surface area contributed by atoms with Gasteiger partial charge in [-0.15, -0.1) is 22.7 Å². The lowest BCUT2D eigenvalue weighted by atomic mass is 10.3. The summed E-state index contributed by atoms with van der Waals surface area (Å²) in [4.78, 5) is 10.7. The van der Waals surface area contributed by atoms with Crippen molar-refractivity contribution < 1.29 is 0 Å². The van der Waals surface area contributed by atoms with Gasteiger partial charge in [-0.1, -0.05) is 0 Å². The van der Waals surface area contributed by atoms with E-state index in [1.165, 1.54) is 9.35 Å². The molecule has 0 aromatic carbocycles. The molecule has 2 aromatic rings. The summed E-state index contributed by atoms with van der Waals surface area (Å²) in [6.07, 6.45) is 1.88. The quantitative estimate of drug-likeness (QED) is 0.852. The molecule has 1 aliphatic heterocycles. The van der Waals surface area contributed by atoms with Crippen LogP contribution in [0, 0.1) is 0 Å². The van der Waals surface area contributed by atoms with E-state index in [9.17, 15) is 0 Å². The fraction of sp³-hybridized carbons (Fsp3) is 0.417. The Balaban J connectivity index is 1.54. The van der Waals surface area contributed by atoms with E-state index in [4.69, 9.17) is 0 Å². The van der Waals surface area contributed by atoms with Crippen LogP contribution in [0.4, 0.5) is 5.13 Å². The van der Waals surface area contributed by atoms with Crippen LogP contribution in [-0.2, 0) is 6.54 Å². The number of piperazine rings is 1. The predicted octanol–water partition coefficient (Wildman–Crippen LogP) is 3.29. The number of nitrogens with zero attached hydrogens (tertiary/aromatic N) is 3. The first-order valence-corrected chi connectivity index (χ1v) is 8.46. The second kappa shape index (κ2) is 5.69. The maximum Gasteiger partial charge on any atom is 0.185 e. The standard InChI is InChI=1S/C12H14BrN3S2/c13-10-7-11(18-9-10)8-15-2-4-16(5-3-15)12-14-1-6-17-12/h1,6-7,9H,2-5,8H2. The molecular weight excluding hydrogens is 330 g/mol. The Labute approximate surface area is 123 Å². The van der Waals surface area contributed by atoms with Crippen molar-refractivity contribution in [2.75, 3.05) is 31.1 Å². The molecule has 0 aliphatic carbocycles. The first kappa shape index (κ1) is 12.6. The van der Waals surface area contributed by atoms with E-state index < -0.39 is 0 Å². The summed E-state index contributed by atoms with van der Waals surface area (Å²) >= 11 is 7.07. The first-order valence-electron chi connectivity index (χ1n) is 5.91. The average molecular weight is 344 g/mol. The second-order valence-corrected chi connectivity index (χ2v) is 7.09. The van der Waals surface area contributed by atoms with E-state index in [0.29, 0.717) is 0 Å². The Morgan fingerprint density at radius 3 is 2.67 bits per heavy atom. The molecule has 0 spiro atoms. The molecule has 0 unspecified atom stereocenters. The molecule has 1 aliphatic rings. The molecule has 0 radical (unpaired) electrons. The highest BCUT2D eigenvalue weighted by atomic mass is 79.9. The molecule has 0 saturated carbocycles. The third-order valence-corrected chi connectivity index (χ3v) is 5.58. The predicted molar refractivity (Wildman–Crippen MR) is 81.6 cm³/mol. The van der Waals surface area contributed by atoms with Crippen LogP contribution in [0.5, 0.6) is 0 Å². The van der Waals surface area contributed by atoms with Crippen molar-refractivity contribution in [3.05, 3.63) is 32.4 Å². The molecule has 1 saturated heterocycles. The molecule has 96 valence electrons. The third kappa shape index (κ3) is 2.93. The summed E-state index contributed by atoms with van der Waals surface area (Å²) in [5.74, 6) is 0. The van der Waals surface area contributed by atoms with Gasteiger partial charge >= 0.3 is 0 Å². The van der Waals surface area contributed by atoms with Gasteiger partial charge < -0.3 is 4.90 Å². The normalized spacial score (nSPS) is 17.3. The molecule has 0 atom stereocenters. The van der Waals surface area contributed by atoms with Crippen molar-refractivity contribution in [3.63, 3.8) is 0 Å². The van der Waals surface area contributed by atoms with Crippen molar-refractivity contribution in [2.45, 2.75) is 6.54 Å². The summed E-state index contributed by atoms with van der Waals surface area (Å²) in [7, 11) is 0. The van der Waals surface area contributed by atoms with Crippen LogP contribution >= 0.6 is 38.6 Å².